The van der Waals surface area contributed by atoms with Crippen LogP contribution < -0.4 is 20.1 Å². The Hall–Kier alpha value is -1.75. The van der Waals surface area contributed by atoms with Crippen LogP contribution in [0.3, 0.4) is 0 Å². The molecule has 0 radical (unpaired) electrons. The molecule has 2 unspecified atom stereocenters. The van der Waals surface area contributed by atoms with Gasteiger partial charge >= 0.3 is 0 Å². The van der Waals surface area contributed by atoms with Gasteiger partial charge in [0.15, 0.2) is 11.5 Å². The monoisotopic (exact) mass is 292 g/mol. The van der Waals surface area contributed by atoms with Crippen LogP contribution >= 0.6 is 0 Å². The summed E-state index contributed by atoms with van der Waals surface area (Å²) in [5, 5.41) is 6.33. The highest BCUT2D eigenvalue weighted by molar-refractivity contribution is 5.83. The Morgan fingerprint density at radius 2 is 2.05 bits per heavy atom. The van der Waals surface area contributed by atoms with E-state index < -0.39 is 0 Å². The topological polar surface area (TPSA) is 59.6 Å². The molecule has 1 fully saturated rings. The van der Waals surface area contributed by atoms with Crippen molar-refractivity contribution >= 4 is 5.91 Å². The Morgan fingerprint density at radius 3 is 2.62 bits per heavy atom. The van der Waals surface area contributed by atoms with Crippen LogP contribution in [0.15, 0.2) is 18.2 Å². The first kappa shape index (κ1) is 15.6. The standard InChI is InChI=1S/C16H24N2O3/c1-11(18-15(19)16(2)7-8-17-10-16)12-5-6-13(20-3)14(9-12)21-4/h5-6,9,11,17H,7-8,10H2,1-4H3,(H,18,19). The summed E-state index contributed by atoms with van der Waals surface area (Å²) in [6, 6.07) is 5.63. The zero-order chi connectivity index (χ0) is 15.5. The minimum absolute atomic E-state index is 0.0743. The number of benzene rings is 1. The van der Waals surface area contributed by atoms with Gasteiger partial charge in [-0.3, -0.25) is 4.79 Å². The van der Waals surface area contributed by atoms with Crippen molar-refractivity contribution < 1.29 is 14.3 Å². The zero-order valence-corrected chi connectivity index (χ0v) is 13.2. The smallest absolute Gasteiger partial charge is 0.227 e. The molecular formula is C16H24N2O3. The lowest BCUT2D eigenvalue weighted by molar-refractivity contribution is -0.129. The van der Waals surface area contributed by atoms with Crippen LogP contribution in [0.25, 0.3) is 0 Å². The number of rotatable bonds is 5. The summed E-state index contributed by atoms with van der Waals surface area (Å²) < 4.78 is 10.5. The molecule has 1 heterocycles. The zero-order valence-electron chi connectivity index (χ0n) is 13.2. The van der Waals surface area contributed by atoms with Crippen molar-refractivity contribution in [3.8, 4) is 11.5 Å². The van der Waals surface area contributed by atoms with Crippen LogP contribution in [-0.4, -0.2) is 33.2 Å². The van der Waals surface area contributed by atoms with E-state index in [0.29, 0.717) is 11.5 Å². The first-order valence-corrected chi connectivity index (χ1v) is 7.24. The summed E-state index contributed by atoms with van der Waals surface area (Å²) in [5.41, 5.74) is 0.681. The van der Waals surface area contributed by atoms with Crippen molar-refractivity contribution in [2.24, 2.45) is 5.41 Å². The minimum Gasteiger partial charge on any atom is -0.493 e. The molecule has 1 aliphatic heterocycles. The Bertz CT molecular complexity index is 510. The van der Waals surface area contributed by atoms with Crippen LogP contribution in [0, 0.1) is 5.41 Å². The summed E-state index contributed by atoms with van der Waals surface area (Å²) in [7, 11) is 3.22. The quantitative estimate of drug-likeness (QED) is 0.870. The van der Waals surface area contributed by atoms with E-state index in [1.54, 1.807) is 14.2 Å². The van der Waals surface area contributed by atoms with E-state index in [0.717, 1.165) is 25.1 Å². The summed E-state index contributed by atoms with van der Waals surface area (Å²) in [4.78, 5) is 12.4. The van der Waals surface area contributed by atoms with Gasteiger partial charge in [0.25, 0.3) is 0 Å². The lowest BCUT2D eigenvalue weighted by atomic mass is 9.88. The number of hydrogen-bond acceptors (Lipinski definition) is 4. The predicted molar refractivity (Wildman–Crippen MR) is 81.7 cm³/mol. The molecule has 0 spiro atoms. The molecule has 116 valence electrons. The third-order valence-electron chi connectivity index (χ3n) is 4.17. The van der Waals surface area contributed by atoms with E-state index in [1.807, 2.05) is 32.0 Å². The molecule has 0 bridgehead atoms. The van der Waals surface area contributed by atoms with Crippen molar-refractivity contribution in [1.82, 2.24) is 10.6 Å². The van der Waals surface area contributed by atoms with Gasteiger partial charge < -0.3 is 20.1 Å². The number of nitrogens with one attached hydrogen (secondary N) is 2. The molecule has 1 aromatic carbocycles. The number of carbonyl (C=O) groups is 1. The fraction of sp³-hybridized carbons (Fsp3) is 0.562. The first-order chi connectivity index (χ1) is 10.00. The maximum Gasteiger partial charge on any atom is 0.227 e. The second-order valence-electron chi connectivity index (χ2n) is 5.80. The van der Waals surface area contributed by atoms with Crippen molar-refractivity contribution in [3.63, 3.8) is 0 Å². The molecule has 0 aromatic heterocycles. The molecule has 5 heteroatoms. The molecule has 1 aliphatic rings. The molecule has 1 amide bonds. The average molecular weight is 292 g/mol. The Labute approximate surface area is 126 Å². The molecular weight excluding hydrogens is 268 g/mol. The minimum atomic E-state index is -0.315. The number of ether oxygens (including phenoxy) is 2. The highest BCUT2D eigenvalue weighted by Crippen LogP contribution is 2.31. The van der Waals surface area contributed by atoms with Gasteiger partial charge in [-0.25, -0.2) is 0 Å². The van der Waals surface area contributed by atoms with Crippen LogP contribution in [0.4, 0.5) is 0 Å². The third kappa shape index (κ3) is 3.29. The molecule has 1 aromatic rings. The van der Waals surface area contributed by atoms with E-state index in [-0.39, 0.29) is 17.4 Å². The summed E-state index contributed by atoms with van der Waals surface area (Å²) in [6.45, 7) is 5.61. The fourth-order valence-electron chi connectivity index (χ4n) is 2.59. The maximum absolute atomic E-state index is 12.4. The van der Waals surface area contributed by atoms with Gasteiger partial charge in [-0.2, -0.15) is 0 Å². The largest absolute Gasteiger partial charge is 0.493 e. The van der Waals surface area contributed by atoms with E-state index in [1.165, 1.54) is 0 Å². The van der Waals surface area contributed by atoms with Crippen LogP contribution in [-0.2, 0) is 4.79 Å². The van der Waals surface area contributed by atoms with Gasteiger partial charge in [-0.05, 0) is 44.5 Å². The molecule has 2 atom stereocenters. The van der Waals surface area contributed by atoms with E-state index >= 15 is 0 Å². The fourth-order valence-corrected chi connectivity index (χ4v) is 2.59. The van der Waals surface area contributed by atoms with E-state index in [2.05, 4.69) is 10.6 Å². The molecule has 2 rings (SSSR count). The van der Waals surface area contributed by atoms with Crippen molar-refractivity contribution in [2.75, 3.05) is 27.3 Å². The molecule has 0 aliphatic carbocycles. The van der Waals surface area contributed by atoms with E-state index in [4.69, 9.17) is 9.47 Å². The number of amides is 1. The Kier molecular flexibility index (Phi) is 4.73. The lowest BCUT2D eigenvalue weighted by Gasteiger charge is -2.25. The van der Waals surface area contributed by atoms with Gasteiger partial charge in [0, 0.05) is 6.54 Å². The van der Waals surface area contributed by atoms with Crippen molar-refractivity contribution in [3.05, 3.63) is 23.8 Å². The van der Waals surface area contributed by atoms with Gasteiger partial charge in [0.2, 0.25) is 5.91 Å². The third-order valence-corrected chi connectivity index (χ3v) is 4.17. The Balaban J connectivity index is 2.09. The number of methoxy groups -OCH3 is 2. The highest BCUT2D eigenvalue weighted by Gasteiger charge is 2.36. The highest BCUT2D eigenvalue weighted by atomic mass is 16.5. The molecule has 21 heavy (non-hydrogen) atoms. The average Bonchev–Trinajstić information content (AvgIpc) is 2.94. The van der Waals surface area contributed by atoms with Crippen molar-refractivity contribution in [1.29, 1.82) is 0 Å². The van der Waals surface area contributed by atoms with Gasteiger partial charge in [0.1, 0.15) is 0 Å². The van der Waals surface area contributed by atoms with Gasteiger partial charge in [0.05, 0.1) is 25.7 Å². The normalized spacial score (nSPS) is 22.7. The Morgan fingerprint density at radius 1 is 1.33 bits per heavy atom. The van der Waals surface area contributed by atoms with Crippen LogP contribution in [0.1, 0.15) is 31.9 Å². The van der Waals surface area contributed by atoms with Gasteiger partial charge in [-0.1, -0.05) is 6.07 Å². The first-order valence-electron chi connectivity index (χ1n) is 7.24. The van der Waals surface area contributed by atoms with Crippen LogP contribution in [0.5, 0.6) is 11.5 Å². The lowest BCUT2D eigenvalue weighted by Crippen LogP contribution is -2.41. The predicted octanol–water partition coefficient (Wildman–Crippen LogP) is 1.88. The summed E-state index contributed by atoms with van der Waals surface area (Å²) in [6.07, 6.45) is 0.873. The molecule has 0 saturated carbocycles. The molecule has 1 saturated heterocycles. The summed E-state index contributed by atoms with van der Waals surface area (Å²) >= 11 is 0. The molecule has 2 N–H and O–H groups in total. The van der Waals surface area contributed by atoms with Crippen molar-refractivity contribution in [2.45, 2.75) is 26.3 Å². The number of hydrogen-bond donors (Lipinski definition) is 2. The van der Waals surface area contributed by atoms with E-state index in [9.17, 15) is 4.79 Å². The second-order valence-corrected chi connectivity index (χ2v) is 5.80. The van der Waals surface area contributed by atoms with Gasteiger partial charge in [-0.15, -0.1) is 0 Å². The van der Waals surface area contributed by atoms with Crippen LogP contribution in [0.2, 0.25) is 0 Å². The summed E-state index contributed by atoms with van der Waals surface area (Å²) in [5.74, 6) is 1.45. The number of carbonyl (C=O) groups excluding carboxylic acids is 1. The maximum atomic E-state index is 12.4. The second kappa shape index (κ2) is 6.35. The molecule has 5 nitrogen and oxygen atoms in total. The SMILES string of the molecule is COc1ccc(C(C)NC(=O)C2(C)CCNC2)cc1OC.